The van der Waals surface area contributed by atoms with Crippen molar-refractivity contribution in [3.8, 4) is 0 Å². The fraction of sp³-hybridized carbons (Fsp3) is 0.562. The van der Waals surface area contributed by atoms with E-state index in [2.05, 4.69) is 22.5 Å². The van der Waals surface area contributed by atoms with E-state index in [1.54, 1.807) is 0 Å². The number of likely N-dealkylation sites (tertiary alicyclic amines) is 1. The number of nitrogens with one attached hydrogen (secondary N) is 2. The molecule has 2 amide bonds. The van der Waals surface area contributed by atoms with Gasteiger partial charge in [-0.3, -0.25) is 0 Å². The molecule has 1 heterocycles. The van der Waals surface area contributed by atoms with Gasteiger partial charge in [-0.2, -0.15) is 0 Å². The molecule has 1 atom stereocenters. The molecule has 1 aliphatic heterocycles. The lowest BCUT2D eigenvalue weighted by Gasteiger charge is -2.31. The molecule has 0 spiro atoms. The molecule has 1 aromatic carbocycles. The van der Waals surface area contributed by atoms with Gasteiger partial charge in [0.1, 0.15) is 0 Å². The number of anilines is 1. The van der Waals surface area contributed by atoms with E-state index < -0.39 is 0 Å². The first kappa shape index (κ1) is 14.9. The second-order valence-corrected chi connectivity index (χ2v) is 5.60. The van der Waals surface area contributed by atoms with Gasteiger partial charge >= 0.3 is 6.03 Å². The van der Waals surface area contributed by atoms with Crippen LogP contribution in [0.4, 0.5) is 10.5 Å². The lowest BCUT2D eigenvalue weighted by atomic mass is 9.98. The van der Waals surface area contributed by atoms with Gasteiger partial charge in [0.25, 0.3) is 0 Å². The lowest BCUT2D eigenvalue weighted by molar-refractivity contribution is 0.180. The van der Waals surface area contributed by atoms with Crippen molar-refractivity contribution in [3.05, 3.63) is 29.8 Å². The van der Waals surface area contributed by atoms with Gasteiger partial charge < -0.3 is 15.5 Å². The summed E-state index contributed by atoms with van der Waals surface area (Å²) < 4.78 is 0. The fourth-order valence-corrected chi connectivity index (χ4v) is 2.65. The van der Waals surface area contributed by atoms with Crippen LogP contribution in [0.2, 0.25) is 0 Å². The van der Waals surface area contributed by atoms with E-state index in [9.17, 15) is 4.79 Å². The summed E-state index contributed by atoms with van der Waals surface area (Å²) in [4.78, 5) is 14.3. The zero-order chi connectivity index (χ0) is 14.4. The van der Waals surface area contributed by atoms with Gasteiger partial charge in [-0.05, 0) is 50.9 Å². The molecule has 2 N–H and O–H groups in total. The molecular formula is C16H25N3O. The molecule has 0 aromatic heterocycles. The quantitative estimate of drug-likeness (QED) is 0.887. The number of nitrogens with zero attached hydrogens (tertiary/aromatic N) is 1. The van der Waals surface area contributed by atoms with Crippen molar-refractivity contribution in [3.63, 3.8) is 0 Å². The molecule has 0 bridgehead atoms. The topological polar surface area (TPSA) is 44.4 Å². The van der Waals surface area contributed by atoms with Gasteiger partial charge in [0.05, 0.1) is 0 Å². The third-order valence-corrected chi connectivity index (χ3v) is 3.91. The number of amides is 2. The highest BCUT2D eigenvalue weighted by atomic mass is 16.2. The van der Waals surface area contributed by atoms with Crippen LogP contribution in [0.3, 0.4) is 0 Å². The Hall–Kier alpha value is -1.55. The zero-order valence-electron chi connectivity index (χ0n) is 12.5. The van der Waals surface area contributed by atoms with E-state index >= 15 is 0 Å². The minimum Gasteiger partial charge on any atom is -0.338 e. The third kappa shape index (κ3) is 4.53. The van der Waals surface area contributed by atoms with E-state index in [-0.39, 0.29) is 6.03 Å². The summed E-state index contributed by atoms with van der Waals surface area (Å²) in [5.41, 5.74) is 2.03. The molecule has 1 aliphatic rings. The molecule has 1 aromatic rings. The maximum atomic E-state index is 11.9. The third-order valence-electron chi connectivity index (χ3n) is 3.91. The van der Waals surface area contributed by atoms with E-state index in [4.69, 9.17) is 0 Å². The van der Waals surface area contributed by atoms with Gasteiger partial charge in [0, 0.05) is 18.8 Å². The van der Waals surface area contributed by atoms with E-state index in [0.29, 0.717) is 5.92 Å². The minimum atomic E-state index is -0.109. The second kappa shape index (κ2) is 7.29. The Bertz CT molecular complexity index is 430. The van der Waals surface area contributed by atoms with Gasteiger partial charge in [-0.25, -0.2) is 4.79 Å². The van der Waals surface area contributed by atoms with E-state index in [1.165, 1.54) is 24.9 Å². The molecule has 4 heteroatoms. The largest absolute Gasteiger partial charge is 0.338 e. The van der Waals surface area contributed by atoms with Crippen molar-refractivity contribution in [2.45, 2.75) is 26.7 Å². The molecule has 110 valence electrons. The maximum absolute atomic E-state index is 11.9. The number of hydrogen-bond acceptors (Lipinski definition) is 2. The Morgan fingerprint density at radius 1 is 1.35 bits per heavy atom. The Labute approximate surface area is 121 Å². The van der Waals surface area contributed by atoms with Crippen LogP contribution < -0.4 is 10.6 Å². The van der Waals surface area contributed by atoms with Crippen molar-refractivity contribution in [1.29, 1.82) is 0 Å². The summed E-state index contributed by atoms with van der Waals surface area (Å²) in [7, 11) is 0. The normalized spacial score (nSPS) is 19.6. The average Bonchev–Trinajstić information content (AvgIpc) is 2.48. The Kier molecular flexibility index (Phi) is 5.41. The summed E-state index contributed by atoms with van der Waals surface area (Å²) in [6.45, 7) is 8.39. The highest BCUT2D eigenvalue weighted by molar-refractivity contribution is 5.89. The van der Waals surface area contributed by atoms with Crippen LogP contribution in [0.1, 0.15) is 25.3 Å². The number of piperidine rings is 1. The number of benzene rings is 1. The molecule has 4 nitrogen and oxygen atoms in total. The first-order chi connectivity index (χ1) is 9.67. The molecule has 0 saturated carbocycles. The predicted molar refractivity (Wildman–Crippen MR) is 83.0 cm³/mol. The molecule has 1 saturated heterocycles. The number of carbonyl (C=O) groups excluding carboxylic acids is 1. The Balaban J connectivity index is 1.73. The van der Waals surface area contributed by atoms with Gasteiger partial charge in [0.2, 0.25) is 0 Å². The Morgan fingerprint density at radius 3 is 2.80 bits per heavy atom. The molecule has 2 rings (SSSR count). The second-order valence-electron chi connectivity index (χ2n) is 5.60. The number of rotatable bonds is 4. The summed E-state index contributed by atoms with van der Waals surface area (Å²) in [5.74, 6) is 0.576. The highest BCUT2D eigenvalue weighted by Gasteiger charge is 2.18. The smallest absolute Gasteiger partial charge is 0.319 e. The first-order valence-electron chi connectivity index (χ1n) is 7.51. The van der Waals surface area contributed by atoms with Crippen LogP contribution in [0.5, 0.6) is 0 Å². The van der Waals surface area contributed by atoms with Crippen LogP contribution >= 0.6 is 0 Å². The highest BCUT2D eigenvalue weighted by Crippen LogP contribution is 2.15. The van der Waals surface area contributed by atoms with Crippen LogP contribution in [0.15, 0.2) is 24.3 Å². The molecule has 0 aliphatic carbocycles. The monoisotopic (exact) mass is 275 g/mol. The van der Waals surface area contributed by atoms with Crippen molar-refractivity contribution in [2.24, 2.45) is 5.92 Å². The van der Waals surface area contributed by atoms with Crippen molar-refractivity contribution >= 4 is 11.7 Å². The van der Waals surface area contributed by atoms with Crippen LogP contribution in [0, 0.1) is 12.8 Å². The molecule has 0 radical (unpaired) electrons. The van der Waals surface area contributed by atoms with Crippen LogP contribution in [-0.4, -0.2) is 37.1 Å². The lowest BCUT2D eigenvalue weighted by Crippen LogP contribution is -2.41. The number of hydrogen-bond donors (Lipinski definition) is 2. The van der Waals surface area contributed by atoms with Gasteiger partial charge in [0.15, 0.2) is 0 Å². The van der Waals surface area contributed by atoms with Gasteiger partial charge in [-0.15, -0.1) is 0 Å². The van der Waals surface area contributed by atoms with Crippen LogP contribution in [-0.2, 0) is 0 Å². The van der Waals surface area contributed by atoms with Gasteiger partial charge in [-0.1, -0.05) is 24.6 Å². The van der Waals surface area contributed by atoms with Crippen molar-refractivity contribution < 1.29 is 4.79 Å². The van der Waals surface area contributed by atoms with Crippen LogP contribution in [0.25, 0.3) is 0 Å². The average molecular weight is 275 g/mol. The molecule has 20 heavy (non-hydrogen) atoms. The number of aryl methyl sites for hydroxylation is 1. The number of carbonyl (C=O) groups is 1. The molecule has 1 fully saturated rings. The standard InChI is InChI=1S/C16H25N3O/c1-3-19-10-4-5-14(12-19)11-17-16(20)18-15-8-6-13(2)7-9-15/h6-9,14H,3-5,10-12H2,1-2H3,(H2,17,18,20)/t14-/m1/s1. The predicted octanol–water partition coefficient (Wildman–Crippen LogP) is 2.85. The van der Waals surface area contributed by atoms with Crippen molar-refractivity contribution in [1.82, 2.24) is 10.2 Å². The number of urea groups is 1. The van der Waals surface area contributed by atoms with E-state index in [1.807, 2.05) is 31.2 Å². The maximum Gasteiger partial charge on any atom is 0.319 e. The zero-order valence-corrected chi connectivity index (χ0v) is 12.5. The van der Waals surface area contributed by atoms with E-state index in [0.717, 1.165) is 25.3 Å². The molecular weight excluding hydrogens is 250 g/mol. The molecule has 0 unspecified atom stereocenters. The fourth-order valence-electron chi connectivity index (χ4n) is 2.65. The van der Waals surface area contributed by atoms with Crippen molar-refractivity contribution in [2.75, 3.05) is 31.5 Å². The summed E-state index contributed by atoms with van der Waals surface area (Å²) in [6.07, 6.45) is 2.45. The minimum absolute atomic E-state index is 0.109. The SMILES string of the molecule is CCN1CCC[C@H](CNC(=O)Nc2ccc(C)cc2)C1. The summed E-state index contributed by atoms with van der Waals surface area (Å²) >= 11 is 0. The Morgan fingerprint density at radius 2 is 2.10 bits per heavy atom. The summed E-state index contributed by atoms with van der Waals surface area (Å²) in [6, 6.07) is 7.73. The first-order valence-corrected chi connectivity index (χ1v) is 7.51. The summed E-state index contributed by atoms with van der Waals surface area (Å²) in [5, 5.41) is 5.85.